The van der Waals surface area contributed by atoms with E-state index < -0.39 is 0 Å². The van der Waals surface area contributed by atoms with Gasteiger partial charge in [-0.3, -0.25) is 4.90 Å². The van der Waals surface area contributed by atoms with Crippen molar-refractivity contribution in [3.05, 3.63) is 33.8 Å². The van der Waals surface area contributed by atoms with Crippen LogP contribution in [-0.4, -0.2) is 36.6 Å². The van der Waals surface area contributed by atoms with Gasteiger partial charge in [0.05, 0.1) is 23.3 Å². The molecule has 1 aromatic carbocycles. The quantitative estimate of drug-likeness (QED) is 0.792. The van der Waals surface area contributed by atoms with Gasteiger partial charge >= 0.3 is 0 Å². The van der Waals surface area contributed by atoms with E-state index in [1.54, 1.807) is 0 Å². The van der Waals surface area contributed by atoms with Crippen molar-refractivity contribution in [3.8, 4) is 0 Å². The molecule has 1 aliphatic rings. The molecular formula is C12H14Cl3NO. The first kappa shape index (κ1) is 13.4. The molecule has 0 saturated carbocycles. The highest BCUT2D eigenvalue weighted by molar-refractivity contribution is 6.42. The Morgan fingerprint density at radius 2 is 2.12 bits per heavy atom. The van der Waals surface area contributed by atoms with Crippen LogP contribution in [0.15, 0.2) is 18.2 Å². The van der Waals surface area contributed by atoms with E-state index >= 15 is 0 Å². The Balaban J connectivity index is 2.05. The second-order valence-electron chi connectivity index (χ2n) is 4.10. The van der Waals surface area contributed by atoms with Crippen molar-refractivity contribution >= 4 is 34.8 Å². The van der Waals surface area contributed by atoms with E-state index in [9.17, 15) is 0 Å². The van der Waals surface area contributed by atoms with Gasteiger partial charge in [0.25, 0.3) is 0 Å². The van der Waals surface area contributed by atoms with Gasteiger partial charge in [-0.15, -0.1) is 11.6 Å². The second-order valence-corrected chi connectivity index (χ2v) is 5.22. The molecule has 1 heterocycles. The van der Waals surface area contributed by atoms with Crippen LogP contribution in [0.5, 0.6) is 0 Å². The van der Waals surface area contributed by atoms with Crippen molar-refractivity contribution in [2.45, 2.75) is 12.6 Å². The molecule has 1 aliphatic heterocycles. The lowest BCUT2D eigenvalue weighted by Crippen LogP contribution is -2.45. The van der Waals surface area contributed by atoms with E-state index in [0.717, 1.165) is 25.3 Å². The Hall–Kier alpha value is 0.01000. The van der Waals surface area contributed by atoms with Gasteiger partial charge in [-0.25, -0.2) is 0 Å². The van der Waals surface area contributed by atoms with Crippen LogP contribution in [0.1, 0.15) is 5.56 Å². The molecule has 2 rings (SSSR count). The minimum atomic E-state index is 0.278. The van der Waals surface area contributed by atoms with Gasteiger partial charge in [-0.2, -0.15) is 0 Å². The van der Waals surface area contributed by atoms with Crippen LogP contribution in [0.25, 0.3) is 0 Å². The van der Waals surface area contributed by atoms with Crippen molar-refractivity contribution < 1.29 is 4.74 Å². The van der Waals surface area contributed by atoms with Gasteiger partial charge in [0, 0.05) is 25.0 Å². The Morgan fingerprint density at radius 1 is 1.29 bits per heavy atom. The summed E-state index contributed by atoms with van der Waals surface area (Å²) in [6, 6.07) is 6.01. The fraction of sp³-hybridized carbons (Fsp3) is 0.500. The number of halogens is 3. The highest BCUT2D eigenvalue weighted by atomic mass is 35.5. The van der Waals surface area contributed by atoms with Crippen molar-refractivity contribution in [1.82, 2.24) is 4.90 Å². The number of ether oxygens (including phenoxy) is 1. The maximum absolute atomic E-state index is 6.00. The Labute approximate surface area is 116 Å². The average molecular weight is 295 g/mol. The topological polar surface area (TPSA) is 12.5 Å². The van der Waals surface area contributed by atoms with E-state index in [0.29, 0.717) is 22.5 Å². The molecule has 1 fully saturated rings. The number of hydrogen-bond donors (Lipinski definition) is 0. The summed E-state index contributed by atoms with van der Waals surface area (Å²) in [6.07, 6.45) is 0. The summed E-state index contributed by atoms with van der Waals surface area (Å²) in [5.41, 5.74) is 1.15. The number of hydrogen-bond acceptors (Lipinski definition) is 2. The highest BCUT2D eigenvalue weighted by Crippen LogP contribution is 2.24. The minimum absolute atomic E-state index is 0.278. The van der Waals surface area contributed by atoms with Gasteiger partial charge < -0.3 is 4.74 Å². The van der Waals surface area contributed by atoms with Gasteiger partial charge in [-0.05, 0) is 17.7 Å². The van der Waals surface area contributed by atoms with Gasteiger partial charge in [0.2, 0.25) is 0 Å². The molecule has 0 spiro atoms. The first-order chi connectivity index (χ1) is 8.20. The zero-order valence-corrected chi connectivity index (χ0v) is 11.6. The molecule has 94 valence electrons. The molecular weight excluding hydrogens is 280 g/mol. The van der Waals surface area contributed by atoms with Crippen molar-refractivity contribution in [3.63, 3.8) is 0 Å². The number of benzene rings is 1. The summed E-state index contributed by atoms with van der Waals surface area (Å²) in [7, 11) is 0. The number of alkyl halides is 1. The molecule has 0 aromatic heterocycles. The standard InChI is InChI=1S/C12H14Cl3NO/c13-6-10-8-17-4-3-16(10)7-9-1-2-11(14)12(15)5-9/h1-2,5,10H,3-4,6-8H2. The van der Waals surface area contributed by atoms with Gasteiger partial charge in [0.1, 0.15) is 0 Å². The number of rotatable bonds is 3. The lowest BCUT2D eigenvalue weighted by Gasteiger charge is -2.34. The predicted molar refractivity (Wildman–Crippen MR) is 72.2 cm³/mol. The van der Waals surface area contributed by atoms with Gasteiger partial charge in [0.15, 0.2) is 0 Å². The van der Waals surface area contributed by atoms with Gasteiger partial charge in [-0.1, -0.05) is 29.3 Å². The number of morpholine rings is 1. The lowest BCUT2D eigenvalue weighted by atomic mass is 10.1. The molecule has 0 amide bonds. The Kier molecular flexibility index (Phi) is 4.95. The summed E-state index contributed by atoms with van der Waals surface area (Å²) >= 11 is 17.8. The van der Waals surface area contributed by atoms with Crippen LogP contribution in [0.2, 0.25) is 10.0 Å². The Morgan fingerprint density at radius 3 is 2.82 bits per heavy atom. The molecule has 5 heteroatoms. The first-order valence-corrected chi connectivity index (χ1v) is 6.81. The van der Waals surface area contributed by atoms with Crippen LogP contribution < -0.4 is 0 Å². The third-order valence-corrected chi connectivity index (χ3v) is 3.99. The van der Waals surface area contributed by atoms with Crippen LogP contribution in [0, 0.1) is 0 Å². The zero-order valence-electron chi connectivity index (χ0n) is 9.33. The smallest absolute Gasteiger partial charge is 0.0634 e. The molecule has 0 bridgehead atoms. The normalized spacial score (nSPS) is 21.7. The molecule has 2 nitrogen and oxygen atoms in total. The summed E-state index contributed by atoms with van der Waals surface area (Å²) < 4.78 is 5.41. The monoisotopic (exact) mass is 293 g/mol. The fourth-order valence-electron chi connectivity index (χ4n) is 1.91. The van der Waals surface area contributed by atoms with Crippen LogP contribution in [0.4, 0.5) is 0 Å². The number of nitrogens with zero attached hydrogens (tertiary/aromatic N) is 1. The average Bonchev–Trinajstić information content (AvgIpc) is 2.34. The molecule has 0 aliphatic carbocycles. The van der Waals surface area contributed by atoms with Crippen LogP contribution in [0.3, 0.4) is 0 Å². The van der Waals surface area contributed by atoms with E-state index in [2.05, 4.69) is 4.90 Å². The third kappa shape index (κ3) is 3.49. The van der Waals surface area contributed by atoms with Crippen molar-refractivity contribution in [2.24, 2.45) is 0 Å². The molecule has 0 N–H and O–H groups in total. The lowest BCUT2D eigenvalue weighted by molar-refractivity contribution is -0.00303. The molecule has 1 saturated heterocycles. The third-order valence-electron chi connectivity index (χ3n) is 2.90. The van der Waals surface area contributed by atoms with Crippen LogP contribution >= 0.6 is 34.8 Å². The largest absolute Gasteiger partial charge is 0.378 e. The summed E-state index contributed by atoms with van der Waals surface area (Å²) in [4.78, 5) is 2.32. The van der Waals surface area contributed by atoms with E-state index in [-0.39, 0.29) is 6.04 Å². The zero-order chi connectivity index (χ0) is 12.3. The minimum Gasteiger partial charge on any atom is -0.378 e. The van der Waals surface area contributed by atoms with E-state index in [4.69, 9.17) is 39.5 Å². The molecule has 0 radical (unpaired) electrons. The second kappa shape index (κ2) is 6.26. The maximum Gasteiger partial charge on any atom is 0.0634 e. The van der Waals surface area contributed by atoms with Crippen molar-refractivity contribution in [2.75, 3.05) is 25.6 Å². The summed E-state index contributed by atoms with van der Waals surface area (Å²) in [6.45, 7) is 3.19. The van der Waals surface area contributed by atoms with Crippen molar-refractivity contribution in [1.29, 1.82) is 0 Å². The maximum atomic E-state index is 6.00. The summed E-state index contributed by atoms with van der Waals surface area (Å²) in [5.74, 6) is 0.585. The van der Waals surface area contributed by atoms with Crippen LogP contribution in [-0.2, 0) is 11.3 Å². The summed E-state index contributed by atoms with van der Waals surface area (Å²) in [5, 5.41) is 1.19. The van der Waals surface area contributed by atoms with E-state index in [1.165, 1.54) is 0 Å². The van der Waals surface area contributed by atoms with E-state index in [1.807, 2.05) is 18.2 Å². The molecule has 1 aromatic rings. The highest BCUT2D eigenvalue weighted by Gasteiger charge is 2.22. The Bertz CT molecular complexity index is 386. The first-order valence-electron chi connectivity index (χ1n) is 5.52. The SMILES string of the molecule is ClCC1COCCN1Cc1ccc(Cl)c(Cl)c1. The molecule has 1 atom stereocenters. The molecule has 1 unspecified atom stereocenters. The molecule has 17 heavy (non-hydrogen) atoms. The predicted octanol–water partition coefficient (Wildman–Crippen LogP) is 3.43. The fourth-order valence-corrected chi connectivity index (χ4v) is 2.52.